The fraction of sp³-hybridized carbons (Fsp3) is 0.364. The summed E-state index contributed by atoms with van der Waals surface area (Å²) in [6.07, 6.45) is 0.567. The summed E-state index contributed by atoms with van der Waals surface area (Å²) < 4.78 is 5.56. The highest BCUT2D eigenvalue weighted by Crippen LogP contribution is 2.34. The number of amides is 1. The lowest BCUT2D eigenvalue weighted by molar-refractivity contribution is -0.126. The molecule has 15 heavy (non-hydrogen) atoms. The highest BCUT2D eigenvalue weighted by Gasteiger charge is 2.34. The Morgan fingerprint density at radius 1 is 1.40 bits per heavy atom. The zero-order valence-electron chi connectivity index (χ0n) is 8.35. The van der Waals surface area contributed by atoms with Crippen LogP contribution in [0.4, 0.5) is 0 Å². The SMILES string of the molecule is NNC(=O)[C@@H]1CCO[C@H]1c1ccccc1. The predicted molar refractivity (Wildman–Crippen MR) is 55.6 cm³/mol. The van der Waals surface area contributed by atoms with E-state index in [1.807, 2.05) is 30.3 Å². The number of benzene rings is 1. The summed E-state index contributed by atoms with van der Waals surface area (Å²) in [5.41, 5.74) is 3.22. The lowest BCUT2D eigenvalue weighted by Gasteiger charge is -2.16. The minimum absolute atomic E-state index is 0.152. The first-order valence-electron chi connectivity index (χ1n) is 5.00. The second-order valence-corrected chi connectivity index (χ2v) is 3.61. The third kappa shape index (κ3) is 2.00. The van der Waals surface area contributed by atoms with Gasteiger partial charge in [0.25, 0.3) is 0 Å². The van der Waals surface area contributed by atoms with Crippen LogP contribution in [0.2, 0.25) is 0 Å². The van der Waals surface area contributed by atoms with Gasteiger partial charge in [-0.15, -0.1) is 0 Å². The van der Waals surface area contributed by atoms with E-state index in [0.717, 1.165) is 12.0 Å². The maximum absolute atomic E-state index is 11.5. The topological polar surface area (TPSA) is 64.3 Å². The van der Waals surface area contributed by atoms with Gasteiger partial charge in [-0.05, 0) is 12.0 Å². The predicted octanol–water partition coefficient (Wildman–Crippen LogP) is 0.754. The molecule has 1 aliphatic rings. The summed E-state index contributed by atoms with van der Waals surface area (Å²) >= 11 is 0. The van der Waals surface area contributed by atoms with Crippen molar-refractivity contribution >= 4 is 5.91 Å². The third-order valence-corrected chi connectivity index (χ3v) is 2.70. The average Bonchev–Trinajstić information content (AvgIpc) is 2.78. The van der Waals surface area contributed by atoms with Crippen molar-refractivity contribution in [3.63, 3.8) is 0 Å². The lowest BCUT2D eigenvalue weighted by atomic mass is 9.95. The molecule has 1 aliphatic heterocycles. The number of hydrazine groups is 1. The van der Waals surface area contributed by atoms with Crippen LogP contribution < -0.4 is 11.3 Å². The molecule has 0 bridgehead atoms. The van der Waals surface area contributed by atoms with E-state index in [-0.39, 0.29) is 17.9 Å². The van der Waals surface area contributed by atoms with Gasteiger partial charge < -0.3 is 4.74 Å². The number of nitrogens with one attached hydrogen (secondary N) is 1. The number of carbonyl (C=O) groups excluding carboxylic acids is 1. The van der Waals surface area contributed by atoms with Crippen molar-refractivity contribution in [3.05, 3.63) is 35.9 Å². The lowest BCUT2D eigenvalue weighted by Crippen LogP contribution is -2.37. The second kappa shape index (κ2) is 4.42. The molecule has 1 saturated heterocycles. The maximum Gasteiger partial charge on any atom is 0.240 e. The van der Waals surface area contributed by atoms with Gasteiger partial charge in [-0.1, -0.05) is 30.3 Å². The molecule has 2 rings (SSSR count). The van der Waals surface area contributed by atoms with Gasteiger partial charge in [0.15, 0.2) is 0 Å². The van der Waals surface area contributed by atoms with Crippen LogP contribution >= 0.6 is 0 Å². The van der Waals surface area contributed by atoms with Crippen LogP contribution in [0.25, 0.3) is 0 Å². The molecule has 1 aromatic carbocycles. The summed E-state index contributed by atoms with van der Waals surface area (Å²) in [5, 5.41) is 0. The monoisotopic (exact) mass is 206 g/mol. The van der Waals surface area contributed by atoms with Crippen LogP contribution in [0.1, 0.15) is 18.1 Å². The van der Waals surface area contributed by atoms with Crippen LogP contribution in [0.15, 0.2) is 30.3 Å². The minimum Gasteiger partial charge on any atom is -0.373 e. The Hall–Kier alpha value is -1.39. The van der Waals surface area contributed by atoms with Gasteiger partial charge in [-0.2, -0.15) is 0 Å². The first-order chi connectivity index (χ1) is 7.33. The molecule has 0 saturated carbocycles. The molecule has 4 heteroatoms. The van der Waals surface area contributed by atoms with Crippen molar-refractivity contribution in [2.24, 2.45) is 11.8 Å². The van der Waals surface area contributed by atoms with Crippen molar-refractivity contribution in [2.75, 3.05) is 6.61 Å². The molecule has 2 atom stereocenters. The van der Waals surface area contributed by atoms with E-state index in [2.05, 4.69) is 5.43 Å². The van der Waals surface area contributed by atoms with Gasteiger partial charge in [0.1, 0.15) is 0 Å². The average molecular weight is 206 g/mol. The number of carbonyl (C=O) groups is 1. The number of nitrogens with two attached hydrogens (primary N) is 1. The molecule has 0 spiro atoms. The Bertz CT molecular complexity index is 340. The molecule has 3 N–H and O–H groups in total. The van der Waals surface area contributed by atoms with E-state index in [9.17, 15) is 4.79 Å². The molecular formula is C11H14N2O2. The Morgan fingerprint density at radius 2 is 2.13 bits per heavy atom. The molecule has 0 unspecified atom stereocenters. The quantitative estimate of drug-likeness (QED) is 0.426. The van der Waals surface area contributed by atoms with Gasteiger partial charge in [-0.3, -0.25) is 10.2 Å². The van der Waals surface area contributed by atoms with Gasteiger partial charge in [0.05, 0.1) is 12.0 Å². The molecule has 80 valence electrons. The highest BCUT2D eigenvalue weighted by atomic mass is 16.5. The van der Waals surface area contributed by atoms with E-state index < -0.39 is 0 Å². The minimum atomic E-state index is -0.169. The third-order valence-electron chi connectivity index (χ3n) is 2.70. The first-order valence-corrected chi connectivity index (χ1v) is 5.00. The Morgan fingerprint density at radius 3 is 2.80 bits per heavy atom. The smallest absolute Gasteiger partial charge is 0.240 e. The van der Waals surface area contributed by atoms with Gasteiger partial charge in [-0.25, -0.2) is 5.84 Å². The Labute approximate surface area is 88.4 Å². The van der Waals surface area contributed by atoms with E-state index in [1.54, 1.807) is 0 Å². The molecule has 4 nitrogen and oxygen atoms in total. The van der Waals surface area contributed by atoms with Gasteiger partial charge in [0, 0.05) is 6.61 Å². The molecule has 1 heterocycles. The normalized spacial score (nSPS) is 25.1. The van der Waals surface area contributed by atoms with Gasteiger partial charge in [0.2, 0.25) is 5.91 Å². The Kier molecular flexibility index (Phi) is 2.99. The van der Waals surface area contributed by atoms with Crippen molar-refractivity contribution in [2.45, 2.75) is 12.5 Å². The zero-order valence-corrected chi connectivity index (χ0v) is 8.35. The van der Waals surface area contributed by atoms with Gasteiger partial charge >= 0.3 is 0 Å². The molecular weight excluding hydrogens is 192 g/mol. The second-order valence-electron chi connectivity index (χ2n) is 3.61. The van der Waals surface area contributed by atoms with Crippen LogP contribution in [0.3, 0.4) is 0 Å². The fourth-order valence-corrected chi connectivity index (χ4v) is 1.94. The molecule has 1 fully saturated rings. The first kappa shape index (κ1) is 10.1. The highest BCUT2D eigenvalue weighted by molar-refractivity contribution is 5.79. The largest absolute Gasteiger partial charge is 0.373 e. The maximum atomic E-state index is 11.5. The summed E-state index contributed by atoms with van der Waals surface area (Å²) in [4.78, 5) is 11.5. The van der Waals surface area contributed by atoms with Crippen LogP contribution in [0, 0.1) is 5.92 Å². The number of ether oxygens (including phenoxy) is 1. The summed E-state index contributed by atoms with van der Waals surface area (Å²) in [7, 11) is 0. The molecule has 1 amide bonds. The summed E-state index contributed by atoms with van der Waals surface area (Å²) in [5.74, 6) is 4.82. The van der Waals surface area contributed by atoms with Crippen molar-refractivity contribution in [3.8, 4) is 0 Å². The van der Waals surface area contributed by atoms with E-state index in [0.29, 0.717) is 6.61 Å². The molecule has 0 aliphatic carbocycles. The summed E-state index contributed by atoms with van der Waals surface area (Å²) in [6, 6.07) is 9.75. The number of rotatable bonds is 2. The van der Waals surface area contributed by atoms with E-state index >= 15 is 0 Å². The zero-order chi connectivity index (χ0) is 10.7. The fourth-order valence-electron chi connectivity index (χ4n) is 1.94. The standard InChI is InChI=1S/C11H14N2O2/c12-13-11(14)9-6-7-15-10(9)8-4-2-1-3-5-8/h1-5,9-10H,6-7,12H2,(H,13,14)/t9-,10+/m1/s1. The van der Waals surface area contributed by atoms with Crippen molar-refractivity contribution in [1.82, 2.24) is 5.43 Å². The van der Waals surface area contributed by atoms with Crippen LogP contribution in [-0.2, 0) is 9.53 Å². The van der Waals surface area contributed by atoms with Crippen molar-refractivity contribution in [1.29, 1.82) is 0 Å². The number of hydrogen-bond acceptors (Lipinski definition) is 3. The van der Waals surface area contributed by atoms with E-state index in [1.165, 1.54) is 0 Å². The Balaban J connectivity index is 2.18. The van der Waals surface area contributed by atoms with E-state index in [4.69, 9.17) is 10.6 Å². The molecule has 1 aromatic rings. The molecule has 0 radical (unpaired) electrons. The molecule has 0 aromatic heterocycles. The van der Waals surface area contributed by atoms with Crippen LogP contribution in [-0.4, -0.2) is 12.5 Å². The van der Waals surface area contributed by atoms with Crippen molar-refractivity contribution < 1.29 is 9.53 Å². The van der Waals surface area contributed by atoms with Crippen LogP contribution in [0.5, 0.6) is 0 Å². The summed E-state index contributed by atoms with van der Waals surface area (Å²) in [6.45, 7) is 0.609. The number of hydrogen-bond donors (Lipinski definition) is 2.